The van der Waals surface area contributed by atoms with Gasteiger partial charge in [-0.25, -0.2) is 0 Å². The molecule has 1 atom stereocenters. The van der Waals surface area contributed by atoms with Gasteiger partial charge in [-0.2, -0.15) is 5.10 Å². The van der Waals surface area contributed by atoms with Crippen LogP contribution >= 0.6 is 0 Å². The summed E-state index contributed by atoms with van der Waals surface area (Å²) in [5, 5.41) is 7.83. The van der Waals surface area contributed by atoms with Gasteiger partial charge in [0.2, 0.25) is 11.8 Å². The molecule has 2 amide bonds. The molecule has 1 aliphatic heterocycles. The van der Waals surface area contributed by atoms with Gasteiger partial charge in [0.05, 0.1) is 17.9 Å². The molecule has 0 bridgehead atoms. The summed E-state index contributed by atoms with van der Waals surface area (Å²) in [6, 6.07) is 2.46. The molecule has 1 fully saturated rings. The van der Waals surface area contributed by atoms with Crippen molar-refractivity contribution >= 4 is 11.8 Å². The van der Waals surface area contributed by atoms with Gasteiger partial charge in [-0.15, -0.1) is 0 Å². The number of aryl methyl sites for hydroxylation is 2. The number of hydrogen-bond acceptors (Lipinski definition) is 3. The molecule has 6 heteroatoms. The first-order valence-electron chi connectivity index (χ1n) is 10.7. The van der Waals surface area contributed by atoms with E-state index in [2.05, 4.69) is 23.4 Å². The lowest BCUT2D eigenvalue weighted by Gasteiger charge is -2.23. The molecule has 1 aliphatic carbocycles. The van der Waals surface area contributed by atoms with Gasteiger partial charge in [0.1, 0.15) is 0 Å². The second-order valence-electron chi connectivity index (χ2n) is 8.20. The summed E-state index contributed by atoms with van der Waals surface area (Å²) in [7, 11) is 0. The van der Waals surface area contributed by atoms with Crippen molar-refractivity contribution in [3.63, 3.8) is 0 Å². The van der Waals surface area contributed by atoms with E-state index in [0.717, 1.165) is 56.6 Å². The van der Waals surface area contributed by atoms with Crippen LogP contribution in [0.15, 0.2) is 6.07 Å². The van der Waals surface area contributed by atoms with E-state index in [4.69, 9.17) is 0 Å². The molecule has 0 saturated heterocycles. The maximum atomic E-state index is 12.7. The zero-order valence-corrected chi connectivity index (χ0v) is 16.9. The minimum atomic E-state index is 0.0863. The molecule has 150 valence electrons. The lowest BCUT2D eigenvalue weighted by Crippen LogP contribution is -2.34. The molecule has 3 rings (SSSR count). The number of nitrogens with one attached hydrogen (secondary N) is 1. The number of amides is 2. The Morgan fingerprint density at radius 1 is 1.26 bits per heavy atom. The number of rotatable bonds is 7. The van der Waals surface area contributed by atoms with E-state index in [1.165, 1.54) is 12.8 Å². The van der Waals surface area contributed by atoms with E-state index < -0.39 is 0 Å². The van der Waals surface area contributed by atoms with Crippen LogP contribution in [0.25, 0.3) is 0 Å². The van der Waals surface area contributed by atoms with E-state index in [0.29, 0.717) is 25.4 Å². The van der Waals surface area contributed by atoms with Crippen molar-refractivity contribution in [3.05, 3.63) is 17.5 Å². The Bertz CT molecular complexity index is 649. The van der Waals surface area contributed by atoms with E-state index in [1.807, 2.05) is 16.5 Å². The summed E-state index contributed by atoms with van der Waals surface area (Å²) >= 11 is 0. The molecule has 0 aromatic carbocycles. The smallest absolute Gasteiger partial charge is 0.225 e. The quantitative estimate of drug-likeness (QED) is 0.798. The highest BCUT2D eigenvalue weighted by atomic mass is 16.2. The fourth-order valence-corrected chi connectivity index (χ4v) is 4.31. The number of carbonyl (C=O) groups excluding carboxylic acids is 2. The summed E-state index contributed by atoms with van der Waals surface area (Å²) in [6.45, 7) is 6.43. The molecular formula is C21H34N4O2. The first-order chi connectivity index (χ1) is 13.1. The van der Waals surface area contributed by atoms with Gasteiger partial charge in [0, 0.05) is 37.9 Å². The van der Waals surface area contributed by atoms with Crippen LogP contribution in [-0.2, 0) is 29.1 Å². The number of aromatic nitrogens is 2. The van der Waals surface area contributed by atoms with Crippen molar-refractivity contribution in [2.24, 2.45) is 5.92 Å². The fraction of sp³-hybridized carbons (Fsp3) is 0.762. The summed E-state index contributed by atoms with van der Waals surface area (Å²) in [6.07, 6.45) is 8.75. The van der Waals surface area contributed by atoms with Crippen molar-refractivity contribution in [1.29, 1.82) is 0 Å². The zero-order chi connectivity index (χ0) is 19.2. The van der Waals surface area contributed by atoms with Gasteiger partial charge in [0.15, 0.2) is 0 Å². The molecule has 2 heterocycles. The largest absolute Gasteiger partial charge is 0.353 e. The van der Waals surface area contributed by atoms with Crippen molar-refractivity contribution < 1.29 is 9.59 Å². The third-order valence-corrected chi connectivity index (χ3v) is 5.85. The molecule has 27 heavy (non-hydrogen) atoms. The highest BCUT2D eigenvalue weighted by Crippen LogP contribution is 2.19. The van der Waals surface area contributed by atoms with Crippen molar-refractivity contribution in [1.82, 2.24) is 20.0 Å². The lowest BCUT2D eigenvalue weighted by atomic mass is 10.0. The average molecular weight is 375 g/mol. The standard InChI is InChI=1S/C21H34N4O2/c1-3-7-16(2)21(27)24-12-6-13-25-19(15-24)14-18(23-25)10-11-20(26)22-17-8-4-5-9-17/h14,16-17H,3-13,15H2,1-2H3,(H,22,26). The van der Waals surface area contributed by atoms with Crippen LogP contribution in [0.3, 0.4) is 0 Å². The Morgan fingerprint density at radius 2 is 2.04 bits per heavy atom. The normalized spacial score (nSPS) is 18.8. The van der Waals surface area contributed by atoms with Crippen LogP contribution in [0.1, 0.15) is 76.6 Å². The molecular weight excluding hydrogens is 340 g/mol. The third kappa shape index (κ3) is 5.33. The molecule has 2 aliphatic rings. The van der Waals surface area contributed by atoms with Gasteiger partial charge in [0.25, 0.3) is 0 Å². The molecule has 1 N–H and O–H groups in total. The van der Waals surface area contributed by atoms with E-state index in [1.54, 1.807) is 0 Å². The number of fused-ring (bicyclic) bond motifs is 1. The van der Waals surface area contributed by atoms with Gasteiger partial charge in [-0.05, 0) is 31.7 Å². The van der Waals surface area contributed by atoms with Crippen LogP contribution in [0.4, 0.5) is 0 Å². The second kappa shape index (κ2) is 9.38. The summed E-state index contributed by atoms with van der Waals surface area (Å²) < 4.78 is 2.03. The number of hydrogen-bond donors (Lipinski definition) is 1. The molecule has 6 nitrogen and oxygen atoms in total. The van der Waals surface area contributed by atoms with Gasteiger partial charge >= 0.3 is 0 Å². The maximum Gasteiger partial charge on any atom is 0.225 e. The van der Waals surface area contributed by atoms with Crippen LogP contribution in [0, 0.1) is 5.92 Å². The number of nitrogens with zero attached hydrogens (tertiary/aromatic N) is 3. The van der Waals surface area contributed by atoms with E-state index in [9.17, 15) is 9.59 Å². The Morgan fingerprint density at radius 3 is 2.78 bits per heavy atom. The van der Waals surface area contributed by atoms with Crippen molar-refractivity contribution in [2.75, 3.05) is 6.54 Å². The Hall–Kier alpha value is -1.85. The average Bonchev–Trinajstić information content (AvgIpc) is 3.25. The van der Waals surface area contributed by atoms with Crippen LogP contribution in [0.2, 0.25) is 0 Å². The minimum Gasteiger partial charge on any atom is -0.353 e. The van der Waals surface area contributed by atoms with Gasteiger partial charge in [-0.1, -0.05) is 33.1 Å². The Kier molecular flexibility index (Phi) is 6.91. The van der Waals surface area contributed by atoms with Crippen LogP contribution in [0.5, 0.6) is 0 Å². The second-order valence-corrected chi connectivity index (χ2v) is 8.20. The predicted molar refractivity (Wildman–Crippen MR) is 105 cm³/mol. The molecule has 0 spiro atoms. The molecule has 1 unspecified atom stereocenters. The van der Waals surface area contributed by atoms with E-state index >= 15 is 0 Å². The summed E-state index contributed by atoms with van der Waals surface area (Å²) in [4.78, 5) is 26.8. The highest BCUT2D eigenvalue weighted by molar-refractivity contribution is 5.78. The van der Waals surface area contributed by atoms with Gasteiger partial charge < -0.3 is 10.2 Å². The monoisotopic (exact) mass is 374 g/mol. The third-order valence-electron chi connectivity index (χ3n) is 5.85. The lowest BCUT2D eigenvalue weighted by molar-refractivity contribution is -0.135. The first-order valence-corrected chi connectivity index (χ1v) is 10.7. The predicted octanol–water partition coefficient (Wildman–Crippen LogP) is 3.04. The van der Waals surface area contributed by atoms with Crippen LogP contribution in [-0.4, -0.2) is 39.1 Å². The molecule has 1 aromatic heterocycles. The van der Waals surface area contributed by atoms with Gasteiger partial charge in [-0.3, -0.25) is 14.3 Å². The highest BCUT2D eigenvalue weighted by Gasteiger charge is 2.24. The molecule has 1 saturated carbocycles. The Labute approximate surface area is 162 Å². The fourth-order valence-electron chi connectivity index (χ4n) is 4.31. The first kappa shape index (κ1) is 19.9. The van der Waals surface area contributed by atoms with Crippen molar-refractivity contribution in [2.45, 2.75) is 90.8 Å². The zero-order valence-electron chi connectivity index (χ0n) is 16.9. The maximum absolute atomic E-state index is 12.7. The summed E-state index contributed by atoms with van der Waals surface area (Å²) in [5.41, 5.74) is 2.05. The van der Waals surface area contributed by atoms with Crippen molar-refractivity contribution in [3.8, 4) is 0 Å². The minimum absolute atomic E-state index is 0.0863. The number of carbonyl (C=O) groups is 2. The van der Waals surface area contributed by atoms with E-state index in [-0.39, 0.29) is 17.7 Å². The molecule has 0 radical (unpaired) electrons. The summed E-state index contributed by atoms with van der Waals surface area (Å²) in [5.74, 6) is 0.475. The molecule has 1 aromatic rings. The SMILES string of the molecule is CCCC(C)C(=O)N1CCCn2nc(CCC(=O)NC3CCCC3)cc2C1. The topological polar surface area (TPSA) is 67.2 Å². The van der Waals surface area contributed by atoms with Crippen LogP contribution < -0.4 is 5.32 Å². The Balaban J connectivity index is 1.54.